The fourth-order valence-electron chi connectivity index (χ4n) is 2.26. The Labute approximate surface area is 109 Å². The van der Waals surface area contributed by atoms with Crippen LogP contribution in [-0.2, 0) is 6.54 Å². The average molecular weight is 297 g/mol. The molecule has 1 aliphatic rings. The van der Waals surface area contributed by atoms with Crippen LogP contribution in [0.25, 0.3) is 0 Å². The van der Waals surface area contributed by atoms with Gasteiger partial charge in [-0.3, -0.25) is 0 Å². The Bertz CT molecular complexity index is 442. The summed E-state index contributed by atoms with van der Waals surface area (Å²) in [6, 6.07) is 7.62. The Kier molecular flexibility index (Phi) is 4.14. The van der Waals surface area contributed by atoms with E-state index < -0.39 is 0 Å². The van der Waals surface area contributed by atoms with Gasteiger partial charge in [0.2, 0.25) is 0 Å². The van der Waals surface area contributed by atoms with Gasteiger partial charge in [0, 0.05) is 12.6 Å². The third-order valence-electron chi connectivity index (χ3n) is 3.23. The lowest BCUT2D eigenvalue weighted by Crippen LogP contribution is -2.31. The van der Waals surface area contributed by atoms with E-state index >= 15 is 0 Å². The second-order valence-electron chi connectivity index (χ2n) is 4.40. The highest BCUT2D eigenvalue weighted by Gasteiger charge is 2.26. The molecule has 1 saturated carbocycles. The molecule has 0 aromatic heterocycles. The highest BCUT2D eigenvalue weighted by molar-refractivity contribution is 9.10. The smallest absolute Gasteiger partial charge is 0.137 e. The molecular weight excluding hydrogens is 283 g/mol. The molecule has 0 aliphatic heterocycles. The quantitative estimate of drug-likeness (QED) is 0.928. The first kappa shape index (κ1) is 12.5. The molecule has 1 N–H and O–H groups in total. The minimum absolute atomic E-state index is 0.124. The summed E-state index contributed by atoms with van der Waals surface area (Å²) < 4.78 is 13.5. The SMILES string of the molecule is N#CC1CCCC1NCc1ccc(F)c(Br)c1. The van der Waals surface area contributed by atoms with Crippen LogP contribution in [0.3, 0.4) is 0 Å². The number of halogens is 2. The van der Waals surface area contributed by atoms with E-state index in [0.717, 1.165) is 24.8 Å². The molecule has 0 amide bonds. The van der Waals surface area contributed by atoms with Gasteiger partial charge in [0.25, 0.3) is 0 Å². The Morgan fingerprint density at radius 1 is 1.47 bits per heavy atom. The lowest BCUT2D eigenvalue weighted by Gasteiger charge is -2.15. The molecule has 0 radical (unpaired) electrons. The number of hydrogen-bond donors (Lipinski definition) is 1. The molecule has 1 aliphatic carbocycles. The van der Waals surface area contributed by atoms with Crippen molar-refractivity contribution < 1.29 is 4.39 Å². The minimum atomic E-state index is -0.246. The molecule has 0 saturated heterocycles. The third kappa shape index (κ3) is 3.05. The maximum Gasteiger partial charge on any atom is 0.137 e. The fraction of sp³-hybridized carbons (Fsp3) is 0.462. The zero-order valence-corrected chi connectivity index (χ0v) is 11.0. The van der Waals surface area contributed by atoms with E-state index in [-0.39, 0.29) is 17.8 Å². The summed E-state index contributed by atoms with van der Waals surface area (Å²) in [5.41, 5.74) is 1.03. The van der Waals surface area contributed by atoms with E-state index in [9.17, 15) is 4.39 Å². The number of nitrogens with one attached hydrogen (secondary N) is 1. The third-order valence-corrected chi connectivity index (χ3v) is 3.84. The maximum absolute atomic E-state index is 13.0. The van der Waals surface area contributed by atoms with Gasteiger partial charge in [-0.25, -0.2) is 4.39 Å². The summed E-state index contributed by atoms with van der Waals surface area (Å²) in [4.78, 5) is 0. The van der Waals surface area contributed by atoms with Crippen LogP contribution in [0.1, 0.15) is 24.8 Å². The molecule has 1 aromatic carbocycles. The molecule has 1 fully saturated rings. The molecule has 4 heteroatoms. The lowest BCUT2D eigenvalue weighted by atomic mass is 10.1. The lowest BCUT2D eigenvalue weighted by molar-refractivity contribution is 0.464. The molecule has 2 unspecified atom stereocenters. The highest BCUT2D eigenvalue weighted by Crippen LogP contribution is 2.25. The highest BCUT2D eigenvalue weighted by atomic mass is 79.9. The summed E-state index contributed by atoms with van der Waals surface area (Å²) in [5, 5.41) is 12.3. The van der Waals surface area contributed by atoms with Gasteiger partial charge in [0.15, 0.2) is 0 Å². The van der Waals surface area contributed by atoms with Gasteiger partial charge < -0.3 is 5.32 Å². The normalized spacial score (nSPS) is 23.6. The van der Waals surface area contributed by atoms with Crippen LogP contribution >= 0.6 is 15.9 Å². The summed E-state index contributed by atoms with van der Waals surface area (Å²) in [6.45, 7) is 0.682. The van der Waals surface area contributed by atoms with Crippen molar-refractivity contribution in [1.29, 1.82) is 5.26 Å². The van der Waals surface area contributed by atoms with Crippen LogP contribution in [0.15, 0.2) is 22.7 Å². The molecular formula is C13H14BrFN2. The first-order valence-corrected chi connectivity index (χ1v) is 6.57. The van der Waals surface area contributed by atoms with E-state index in [2.05, 4.69) is 27.3 Å². The summed E-state index contributed by atoms with van der Waals surface area (Å²) in [6.07, 6.45) is 3.16. The standard InChI is InChI=1S/C13H14BrFN2/c14-11-6-9(4-5-12(11)15)8-17-13-3-1-2-10(13)7-16/h4-6,10,13,17H,1-3,8H2. The van der Waals surface area contributed by atoms with Crippen LogP contribution in [0.4, 0.5) is 4.39 Å². The number of rotatable bonds is 3. The molecule has 0 spiro atoms. The van der Waals surface area contributed by atoms with E-state index in [0.29, 0.717) is 11.0 Å². The van der Waals surface area contributed by atoms with Gasteiger partial charge in [-0.2, -0.15) is 5.26 Å². The second-order valence-corrected chi connectivity index (χ2v) is 5.26. The van der Waals surface area contributed by atoms with Crippen molar-refractivity contribution in [3.63, 3.8) is 0 Å². The van der Waals surface area contributed by atoms with E-state index in [1.807, 2.05) is 0 Å². The predicted molar refractivity (Wildman–Crippen MR) is 67.7 cm³/mol. The molecule has 0 bridgehead atoms. The van der Waals surface area contributed by atoms with Gasteiger partial charge in [0.05, 0.1) is 16.5 Å². The zero-order chi connectivity index (χ0) is 12.3. The van der Waals surface area contributed by atoms with Crippen molar-refractivity contribution in [2.75, 3.05) is 0 Å². The number of nitrogens with zero attached hydrogens (tertiary/aromatic N) is 1. The summed E-state index contributed by atoms with van der Waals surface area (Å²) in [5.74, 6) is -0.122. The number of benzene rings is 1. The maximum atomic E-state index is 13.0. The van der Waals surface area contributed by atoms with Crippen molar-refractivity contribution >= 4 is 15.9 Å². The number of nitriles is 1. The minimum Gasteiger partial charge on any atom is -0.309 e. The number of hydrogen-bond acceptors (Lipinski definition) is 2. The van der Waals surface area contributed by atoms with Crippen LogP contribution in [0, 0.1) is 23.1 Å². The largest absolute Gasteiger partial charge is 0.309 e. The van der Waals surface area contributed by atoms with E-state index in [4.69, 9.17) is 5.26 Å². The van der Waals surface area contributed by atoms with Crippen molar-refractivity contribution in [2.24, 2.45) is 5.92 Å². The fourth-order valence-corrected chi connectivity index (χ4v) is 2.68. The van der Waals surface area contributed by atoms with Crippen molar-refractivity contribution in [3.05, 3.63) is 34.1 Å². The molecule has 2 atom stereocenters. The molecule has 2 nitrogen and oxygen atoms in total. The molecule has 2 rings (SSSR count). The van der Waals surface area contributed by atoms with Crippen LogP contribution in [-0.4, -0.2) is 6.04 Å². The Balaban J connectivity index is 1.93. The summed E-state index contributed by atoms with van der Waals surface area (Å²) >= 11 is 3.17. The van der Waals surface area contributed by atoms with Crippen molar-refractivity contribution in [3.8, 4) is 6.07 Å². The Morgan fingerprint density at radius 2 is 2.29 bits per heavy atom. The molecule has 17 heavy (non-hydrogen) atoms. The summed E-state index contributed by atoms with van der Waals surface area (Å²) in [7, 11) is 0. The monoisotopic (exact) mass is 296 g/mol. The Hall–Kier alpha value is -0.920. The second kappa shape index (κ2) is 5.61. The van der Waals surface area contributed by atoms with Gasteiger partial charge in [-0.05, 0) is 46.5 Å². The van der Waals surface area contributed by atoms with Gasteiger partial charge >= 0.3 is 0 Å². The van der Waals surface area contributed by atoms with Crippen LogP contribution in [0.2, 0.25) is 0 Å². The van der Waals surface area contributed by atoms with E-state index in [1.165, 1.54) is 6.07 Å². The van der Waals surface area contributed by atoms with E-state index in [1.54, 1.807) is 12.1 Å². The van der Waals surface area contributed by atoms with Crippen molar-refractivity contribution in [1.82, 2.24) is 5.32 Å². The molecule has 0 heterocycles. The Morgan fingerprint density at radius 3 is 3.00 bits per heavy atom. The first-order valence-electron chi connectivity index (χ1n) is 5.77. The zero-order valence-electron chi connectivity index (χ0n) is 9.42. The molecule has 1 aromatic rings. The topological polar surface area (TPSA) is 35.8 Å². The first-order chi connectivity index (χ1) is 8.20. The van der Waals surface area contributed by atoms with Gasteiger partial charge in [-0.1, -0.05) is 12.5 Å². The molecule has 90 valence electrons. The predicted octanol–water partition coefficient (Wildman–Crippen LogP) is 3.37. The van der Waals surface area contributed by atoms with Gasteiger partial charge in [-0.15, -0.1) is 0 Å². The van der Waals surface area contributed by atoms with Gasteiger partial charge in [0.1, 0.15) is 5.82 Å². The van der Waals surface area contributed by atoms with Crippen molar-refractivity contribution in [2.45, 2.75) is 31.8 Å². The average Bonchev–Trinajstić information content (AvgIpc) is 2.78. The van der Waals surface area contributed by atoms with Crippen LogP contribution in [0.5, 0.6) is 0 Å². The van der Waals surface area contributed by atoms with Crippen LogP contribution < -0.4 is 5.32 Å².